The molecule has 1 N–H and O–H groups in total. The van der Waals surface area contributed by atoms with Gasteiger partial charge < -0.3 is 11.1 Å². The molecule has 0 aliphatic heterocycles. The van der Waals surface area contributed by atoms with Crippen LogP contribution in [0.5, 0.6) is 0 Å². The zero-order valence-electron chi connectivity index (χ0n) is 20.2. The fourth-order valence-corrected chi connectivity index (χ4v) is 4.62. The Morgan fingerprint density at radius 1 is 0.694 bits per heavy atom. The summed E-state index contributed by atoms with van der Waals surface area (Å²) in [6.45, 7) is 4.08. The quantitative estimate of drug-likeness (QED) is 0.0916. The Kier molecular flexibility index (Phi) is 8.75. The molecular formula is C31H28N4Pd. The maximum absolute atomic E-state index is 7.19. The number of hydrogen-bond donors (Lipinski definition) is 0. The molecule has 4 nitrogen and oxygen atoms in total. The van der Waals surface area contributed by atoms with Gasteiger partial charge in [-0.1, -0.05) is 72.6 Å². The second-order valence-electron chi connectivity index (χ2n) is 8.67. The van der Waals surface area contributed by atoms with Crippen molar-refractivity contribution < 1.29 is 20.4 Å². The molecule has 36 heavy (non-hydrogen) atoms. The third-order valence-electron chi connectivity index (χ3n) is 6.31. The van der Waals surface area contributed by atoms with E-state index in [1.54, 1.807) is 0 Å². The summed E-state index contributed by atoms with van der Waals surface area (Å²) in [5.41, 5.74) is 11.7. The molecule has 2 aromatic heterocycles. The molecule has 0 unspecified atom stereocenters. The van der Waals surface area contributed by atoms with E-state index < -0.39 is 0 Å². The van der Waals surface area contributed by atoms with Gasteiger partial charge >= 0.3 is 20.4 Å². The fourth-order valence-electron chi connectivity index (χ4n) is 4.62. The Balaban J connectivity index is 0.000000170. The molecule has 2 heterocycles. The molecular weight excluding hydrogens is 535 g/mol. The minimum Gasteiger partial charge on any atom is -0.677 e. The molecule has 5 heteroatoms. The van der Waals surface area contributed by atoms with Crippen molar-refractivity contribution in [1.82, 2.24) is 9.97 Å². The van der Waals surface area contributed by atoms with Crippen LogP contribution in [0.1, 0.15) is 17.5 Å². The van der Waals surface area contributed by atoms with Gasteiger partial charge in [-0.15, -0.1) is 6.54 Å². The molecule has 182 valence electrons. The van der Waals surface area contributed by atoms with Gasteiger partial charge in [-0.2, -0.15) is 13.1 Å². The first kappa shape index (κ1) is 25.9. The average molecular weight is 563 g/mol. The van der Waals surface area contributed by atoms with Crippen molar-refractivity contribution in [3.63, 3.8) is 0 Å². The number of aromatic nitrogens is 2. The number of nitrogens with one attached hydrogen (secondary N) is 1. The molecule has 4 aromatic carbocycles. The maximum Gasteiger partial charge on any atom is 2.00 e. The second-order valence-corrected chi connectivity index (χ2v) is 8.67. The largest absolute Gasteiger partial charge is 2.00 e. The number of hydrogen-bond acceptors (Lipinski definition) is 2. The van der Waals surface area contributed by atoms with Crippen molar-refractivity contribution in [3.8, 4) is 0 Å². The SMILES string of the molecule is Cc1cc2cccnc2c2ncccc12.[NH-]CCC[N-]Cc1c2ccccc2cc2ccccc12.[Pd+2]. The Morgan fingerprint density at radius 2 is 1.28 bits per heavy atom. The maximum atomic E-state index is 7.19. The van der Waals surface area contributed by atoms with Crippen LogP contribution in [-0.2, 0) is 27.0 Å². The number of pyridine rings is 2. The van der Waals surface area contributed by atoms with Crippen LogP contribution in [-0.4, -0.2) is 23.1 Å². The first-order valence-electron chi connectivity index (χ1n) is 12.0. The topological polar surface area (TPSA) is 63.7 Å². The van der Waals surface area contributed by atoms with Crippen LogP contribution in [0.15, 0.2) is 97.3 Å². The monoisotopic (exact) mass is 562 g/mol. The van der Waals surface area contributed by atoms with Crippen LogP contribution in [0.3, 0.4) is 0 Å². The van der Waals surface area contributed by atoms with Crippen molar-refractivity contribution in [2.75, 3.05) is 13.1 Å². The van der Waals surface area contributed by atoms with Gasteiger partial charge in [0, 0.05) is 23.2 Å². The first-order valence-corrected chi connectivity index (χ1v) is 12.0. The van der Waals surface area contributed by atoms with Gasteiger partial charge in [0.25, 0.3) is 0 Å². The minimum absolute atomic E-state index is 0. The minimum atomic E-state index is 0. The average Bonchev–Trinajstić information content (AvgIpc) is 2.91. The van der Waals surface area contributed by atoms with Crippen LogP contribution in [0.2, 0.25) is 0 Å². The smallest absolute Gasteiger partial charge is 0.677 e. The predicted molar refractivity (Wildman–Crippen MR) is 149 cm³/mol. The van der Waals surface area contributed by atoms with Gasteiger partial charge in [0.15, 0.2) is 0 Å². The third kappa shape index (κ3) is 5.46. The van der Waals surface area contributed by atoms with E-state index in [2.05, 4.69) is 95.0 Å². The van der Waals surface area contributed by atoms with E-state index in [1.165, 1.54) is 38.1 Å². The molecule has 0 saturated heterocycles. The number of benzene rings is 4. The van der Waals surface area contributed by atoms with Crippen molar-refractivity contribution >= 4 is 43.4 Å². The summed E-state index contributed by atoms with van der Waals surface area (Å²) < 4.78 is 0. The Labute approximate surface area is 225 Å². The standard InChI is InChI=1S/C18H18N2.C13H10N2.Pd/c19-10-5-11-20-13-18-16-8-3-1-6-14(16)12-15-7-2-4-9-17(15)18;1-9-8-10-4-2-6-14-12(10)13-11(9)5-3-7-15-13;/h1-4,6-9,12,19H,5,10-11,13H2;2-8H,1H3;/q-2;;+2. The van der Waals surface area contributed by atoms with Crippen molar-refractivity contribution in [2.24, 2.45) is 0 Å². The summed E-state index contributed by atoms with van der Waals surface area (Å²) in [5.74, 6) is 0. The van der Waals surface area contributed by atoms with Gasteiger partial charge in [-0.3, -0.25) is 9.97 Å². The predicted octanol–water partition coefficient (Wildman–Crippen LogP) is 8.40. The summed E-state index contributed by atoms with van der Waals surface area (Å²) in [6.07, 6.45) is 4.48. The molecule has 0 aliphatic carbocycles. The van der Waals surface area contributed by atoms with Gasteiger partial charge in [-0.25, -0.2) is 0 Å². The Hall–Kier alpha value is -3.20. The molecule has 0 aliphatic rings. The molecule has 0 fully saturated rings. The van der Waals surface area contributed by atoms with Gasteiger partial charge in [0.2, 0.25) is 0 Å². The number of fused-ring (bicyclic) bond motifs is 5. The van der Waals surface area contributed by atoms with E-state index in [0.29, 0.717) is 6.54 Å². The third-order valence-corrected chi connectivity index (χ3v) is 6.31. The summed E-state index contributed by atoms with van der Waals surface area (Å²) in [4.78, 5) is 8.80. The van der Waals surface area contributed by atoms with E-state index in [-0.39, 0.29) is 20.4 Å². The molecule has 0 atom stereocenters. The number of aryl methyl sites for hydroxylation is 1. The van der Waals surface area contributed by atoms with Crippen molar-refractivity contribution in [1.29, 1.82) is 0 Å². The summed E-state index contributed by atoms with van der Waals surface area (Å²) in [6, 6.07) is 29.5. The van der Waals surface area contributed by atoms with Gasteiger partial charge in [0.1, 0.15) is 0 Å². The first-order chi connectivity index (χ1) is 17.3. The fraction of sp³-hybridized carbons (Fsp3) is 0.161. The Bertz CT molecular complexity index is 1560. The summed E-state index contributed by atoms with van der Waals surface area (Å²) in [7, 11) is 0. The van der Waals surface area contributed by atoms with Crippen molar-refractivity contribution in [2.45, 2.75) is 19.9 Å². The second kappa shape index (κ2) is 12.2. The molecule has 0 spiro atoms. The van der Waals surface area contributed by atoms with Crippen LogP contribution in [0.4, 0.5) is 0 Å². The van der Waals surface area contributed by atoms with E-state index in [4.69, 9.17) is 5.73 Å². The van der Waals surface area contributed by atoms with E-state index >= 15 is 0 Å². The van der Waals surface area contributed by atoms with Crippen molar-refractivity contribution in [3.05, 3.63) is 120 Å². The number of nitrogens with zero attached hydrogens (tertiary/aromatic N) is 3. The zero-order valence-corrected chi connectivity index (χ0v) is 21.8. The van der Waals surface area contributed by atoms with Crippen LogP contribution in [0.25, 0.3) is 54.4 Å². The summed E-state index contributed by atoms with van der Waals surface area (Å²) in [5, 5.41) is 12.1. The molecule has 6 rings (SSSR count). The number of rotatable bonds is 5. The molecule has 6 aromatic rings. The van der Waals surface area contributed by atoms with Gasteiger partial charge in [-0.05, 0) is 58.3 Å². The van der Waals surface area contributed by atoms with Crippen LogP contribution in [0, 0.1) is 6.92 Å². The van der Waals surface area contributed by atoms with Crippen LogP contribution >= 0.6 is 0 Å². The van der Waals surface area contributed by atoms with Crippen LogP contribution < -0.4 is 0 Å². The zero-order chi connectivity index (χ0) is 24.0. The Morgan fingerprint density at radius 3 is 1.97 bits per heavy atom. The van der Waals surface area contributed by atoms with Gasteiger partial charge in [0.05, 0.1) is 11.0 Å². The molecule has 0 bridgehead atoms. The summed E-state index contributed by atoms with van der Waals surface area (Å²) >= 11 is 0. The molecule has 0 amide bonds. The molecule has 0 radical (unpaired) electrons. The van der Waals surface area contributed by atoms with E-state index in [1.807, 2.05) is 24.5 Å². The normalized spacial score (nSPS) is 10.8. The molecule has 0 saturated carbocycles. The van der Waals surface area contributed by atoms with E-state index in [9.17, 15) is 0 Å². The van der Waals surface area contributed by atoms with E-state index in [0.717, 1.165) is 35.9 Å².